The molecule has 47 heavy (non-hydrogen) atoms. The first-order valence-corrected chi connectivity index (χ1v) is 15.2. The highest BCUT2D eigenvalue weighted by Crippen LogP contribution is 2.41. The number of hydrogen-bond acceptors (Lipinski definition) is 12. The molecule has 0 saturated heterocycles. The zero-order chi connectivity index (χ0) is 34.6. The predicted molar refractivity (Wildman–Crippen MR) is 172 cm³/mol. The third-order valence-electron chi connectivity index (χ3n) is 7.89. The number of oxime groups is 2. The van der Waals surface area contributed by atoms with Crippen LogP contribution in [0.2, 0.25) is 0 Å². The summed E-state index contributed by atoms with van der Waals surface area (Å²) in [4.78, 5) is 83.6. The summed E-state index contributed by atoms with van der Waals surface area (Å²) in [6.07, 6.45) is 3.91. The van der Waals surface area contributed by atoms with E-state index in [0.717, 1.165) is 51.7 Å². The molecular formula is C32H35N5O10. The molecule has 0 unspecified atom stereocenters. The quantitative estimate of drug-likeness (QED) is 0.0649. The van der Waals surface area contributed by atoms with E-state index in [0.29, 0.717) is 0 Å². The normalized spacial score (nSPS) is 14.2. The summed E-state index contributed by atoms with van der Waals surface area (Å²) >= 11 is 0. The number of non-ortho nitro benzene ring substituents is 2. The number of aryl methyl sites for hydroxylation is 1. The van der Waals surface area contributed by atoms with E-state index in [2.05, 4.69) is 10.3 Å². The summed E-state index contributed by atoms with van der Waals surface area (Å²) in [6.45, 7) is 7.59. The van der Waals surface area contributed by atoms with E-state index >= 15 is 0 Å². The molecule has 0 atom stereocenters. The lowest BCUT2D eigenvalue weighted by Gasteiger charge is -2.11. The molecule has 0 spiro atoms. The first-order valence-electron chi connectivity index (χ1n) is 15.2. The second-order valence-electron chi connectivity index (χ2n) is 11.9. The molecular weight excluding hydrogens is 614 g/mol. The number of rotatable bonds is 13. The highest BCUT2D eigenvalue weighted by Gasteiger charge is 2.31. The number of Topliss-reactive ketones (excluding diaryl/α,β-unsaturated/α-hetero) is 2. The number of hydrogen-bond donors (Lipinski definition) is 0. The van der Waals surface area contributed by atoms with Crippen LogP contribution in [0.3, 0.4) is 0 Å². The Kier molecular flexibility index (Phi) is 10.6. The number of aromatic nitrogens is 1. The monoisotopic (exact) mass is 649 g/mol. The Morgan fingerprint density at radius 1 is 0.830 bits per heavy atom. The predicted octanol–water partition coefficient (Wildman–Crippen LogP) is 6.46. The summed E-state index contributed by atoms with van der Waals surface area (Å²) in [5.74, 6) is -2.93. The SMILES string of the molecule is CCn1c2c([N+](=O)[O-])cc(C(=O)/C(CC(C)C)=N/OC(C)=O)cc2c2cc(C(=O)/C(CC3CCCC3)=N/OC(C)=O)cc([N+](=O)[O-])c21. The van der Waals surface area contributed by atoms with Gasteiger partial charge in [0, 0.05) is 54.4 Å². The molecule has 1 heterocycles. The molecule has 1 aliphatic rings. The van der Waals surface area contributed by atoms with E-state index in [1.54, 1.807) is 20.8 Å². The van der Waals surface area contributed by atoms with Crippen LogP contribution in [0.15, 0.2) is 34.6 Å². The molecule has 1 saturated carbocycles. The first kappa shape index (κ1) is 34.5. The standard InChI is InChI=1S/C32H35N5O10/c1-6-35-29-23(13-21(15-27(29)36(42)43)31(40)25(11-17(2)3)33-46-18(4)38)24-14-22(16-28(30(24)35)37(44)45)32(41)26(34-47-19(5)39)12-20-9-7-8-10-20/h13-17,20H,6-12H2,1-5H3/b33-25+,34-26+. The van der Waals surface area contributed by atoms with Crippen molar-refractivity contribution in [2.75, 3.05) is 0 Å². The Bertz CT molecular complexity index is 1860. The van der Waals surface area contributed by atoms with Crippen LogP contribution in [0, 0.1) is 32.1 Å². The van der Waals surface area contributed by atoms with E-state index < -0.39 is 44.7 Å². The van der Waals surface area contributed by atoms with Crippen molar-refractivity contribution in [3.8, 4) is 0 Å². The van der Waals surface area contributed by atoms with Gasteiger partial charge in [-0.2, -0.15) is 0 Å². The zero-order valence-electron chi connectivity index (χ0n) is 26.7. The number of benzene rings is 2. The Labute approximate surface area is 268 Å². The maximum Gasteiger partial charge on any atom is 0.331 e. The average Bonchev–Trinajstić information content (AvgIpc) is 3.64. The largest absolute Gasteiger partial charge is 0.331 e. The van der Waals surface area contributed by atoms with Crippen LogP contribution >= 0.6 is 0 Å². The molecule has 3 aromatic rings. The average molecular weight is 650 g/mol. The van der Waals surface area contributed by atoms with E-state index in [-0.39, 0.29) is 75.6 Å². The maximum atomic E-state index is 13.9. The highest BCUT2D eigenvalue weighted by molar-refractivity contribution is 6.47. The van der Waals surface area contributed by atoms with Crippen molar-refractivity contribution in [1.29, 1.82) is 0 Å². The highest BCUT2D eigenvalue weighted by atomic mass is 16.7. The second-order valence-corrected chi connectivity index (χ2v) is 11.9. The van der Waals surface area contributed by atoms with Gasteiger partial charge in [0.15, 0.2) is 0 Å². The Balaban J connectivity index is 2.02. The molecule has 15 nitrogen and oxygen atoms in total. The summed E-state index contributed by atoms with van der Waals surface area (Å²) in [7, 11) is 0. The van der Waals surface area contributed by atoms with Gasteiger partial charge in [-0.15, -0.1) is 0 Å². The van der Waals surface area contributed by atoms with Gasteiger partial charge in [0.1, 0.15) is 22.5 Å². The van der Waals surface area contributed by atoms with Gasteiger partial charge in [-0.3, -0.25) is 29.8 Å². The molecule has 0 aliphatic heterocycles. The summed E-state index contributed by atoms with van der Waals surface area (Å²) in [5.41, 5.74) is -1.49. The summed E-state index contributed by atoms with van der Waals surface area (Å²) < 4.78 is 1.40. The zero-order valence-corrected chi connectivity index (χ0v) is 26.7. The molecule has 2 aromatic carbocycles. The molecule has 1 aliphatic carbocycles. The van der Waals surface area contributed by atoms with E-state index in [4.69, 9.17) is 9.68 Å². The number of carbonyl (C=O) groups excluding carboxylic acids is 4. The Hall–Kier alpha value is -5.34. The van der Waals surface area contributed by atoms with Crippen molar-refractivity contribution in [3.63, 3.8) is 0 Å². The van der Waals surface area contributed by atoms with Gasteiger partial charge in [0.05, 0.1) is 9.85 Å². The molecule has 0 N–H and O–H groups in total. The maximum absolute atomic E-state index is 13.9. The van der Waals surface area contributed by atoms with Crippen molar-refractivity contribution in [3.05, 3.63) is 55.6 Å². The number of nitro groups is 2. The van der Waals surface area contributed by atoms with Crippen LogP contribution < -0.4 is 0 Å². The van der Waals surface area contributed by atoms with E-state index in [1.807, 2.05) is 0 Å². The number of ketones is 2. The van der Waals surface area contributed by atoms with Crippen LogP contribution in [0.4, 0.5) is 11.4 Å². The minimum Gasteiger partial charge on any atom is -0.330 e. The van der Waals surface area contributed by atoms with Crippen LogP contribution in [0.5, 0.6) is 0 Å². The summed E-state index contributed by atoms with van der Waals surface area (Å²) in [6, 6.07) is 4.87. The van der Waals surface area contributed by atoms with Crippen molar-refractivity contribution >= 4 is 68.1 Å². The fraction of sp³-hybridized carbons (Fsp3) is 0.438. The first-order chi connectivity index (χ1) is 22.2. The fourth-order valence-corrected chi connectivity index (χ4v) is 5.97. The van der Waals surface area contributed by atoms with E-state index in [9.17, 15) is 39.4 Å². The molecule has 248 valence electrons. The number of nitro benzene ring substituents is 2. The van der Waals surface area contributed by atoms with Gasteiger partial charge in [0.25, 0.3) is 11.4 Å². The molecule has 15 heteroatoms. The lowest BCUT2D eigenvalue weighted by Crippen LogP contribution is -2.19. The molecule has 1 fully saturated rings. The molecule has 0 radical (unpaired) electrons. The third kappa shape index (κ3) is 7.56. The van der Waals surface area contributed by atoms with Gasteiger partial charge in [-0.1, -0.05) is 49.8 Å². The van der Waals surface area contributed by atoms with E-state index in [1.165, 1.54) is 16.7 Å². The van der Waals surface area contributed by atoms with Gasteiger partial charge >= 0.3 is 11.9 Å². The number of carbonyl (C=O) groups is 4. The minimum atomic E-state index is -0.763. The Morgan fingerprint density at radius 2 is 1.28 bits per heavy atom. The van der Waals surface area contributed by atoms with Crippen LogP contribution in [-0.4, -0.2) is 49.3 Å². The van der Waals surface area contributed by atoms with Crippen molar-refractivity contribution in [2.45, 2.75) is 79.7 Å². The number of nitrogens with zero attached hydrogens (tertiary/aromatic N) is 5. The lowest BCUT2D eigenvalue weighted by atomic mass is 9.94. The molecule has 4 rings (SSSR count). The minimum absolute atomic E-state index is 0.0128. The number of fused-ring (bicyclic) bond motifs is 3. The van der Waals surface area contributed by atoms with Gasteiger partial charge in [-0.25, -0.2) is 9.59 Å². The van der Waals surface area contributed by atoms with Crippen LogP contribution in [0.25, 0.3) is 21.8 Å². The van der Waals surface area contributed by atoms with Crippen LogP contribution in [0.1, 0.15) is 93.9 Å². The third-order valence-corrected chi connectivity index (χ3v) is 7.89. The molecule has 1 aromatic heterocycles. The lowest BCUT2D eigenvalue weighted by molar-refractivity contribution is -0.383. The topological polar surface area (TPSA) is 203 Å². The molecule has 0 bridgehead atoms. The smallest absolute Gasteiger partial charge is 0.330 e. The van der Waals surface area contributed by atoms with Gasteiger partial charge in [-0.05, 0) is 43.7 Å². The summed E-state index contributed by atoms with van der Waals surface area (Å²) in [5, 5.41) is 32.6. The van der Waals surface area contributed by atoms with Gasteiger partial charge in [0.2, 0.25) is 11.6 Å². The van der Waals surface area contributed by atoms with Crippen molar-refractivity contribution in [1.82, 2.24) is 4.57 Å². The fourth-order valence-electron chi connectivity index (χ4n) is 5.97. The second kappa shape index (κ2) is 14.4. The van der Waals surface area contributed by atoms with Gasteiger partial charge < -0.3 is 14.2 Å². The van der Waals surface area contributed by atoms with Crippen LogP contribution in [-0.2, 0) is 25.8 Å². The van der Waals surface area contributed by atoms with Crippen molar-refractivity contribution < 1.29 is 38.7 Å². The Morgan fingerprint density at radius 3 is 1.68 bits per heavy atom. The molecule has 0 amide bonds. The van der Waals surface area contributed by atoms with Crippen molar-refractivity contribution in [2.24, 2.45) is 22.1 Å².